The van der Waals surface area contributed by atoms with Crippen molar-refractivity contribution in [3.8, 4) is 0 Å². The Morgan fingerprint density at radius 1 is 1.53 bits per heavy atom. The van der Waals surface area contributed by atoms with Gasteiger partial charge in [-0.25, -0.2) is 8.78 Å². The van der Waals surface area contributed by atoms with Gasteiger partial charge in [0, 0.05) is 16.5 Å². The standard InChI is InChI=1S/C13H11BrF2O3/c1-2-19-12(18)13(11(15)16)6-7-4-3-5-8(14)9(7)10(13)17/h3-5,11H,2,6H2,1H3. The minimum atomic E-state index is -3.10. The van der Waals surface area contributed by atoms with Gasteiger partial charge in [-0.1, -0.05) is 28.1 Å². The topological polar surface area (TPSA) is 43.4 Å². The van der Waals surface area contributed by atoms with Gasteiger partial charge in [0.25, 0.3) is 6.43 Å². The number of carbonyl (C=O) groups is 2. The highest BCUT2D eigenvalue weighted by molar-refractivity contribution is 9.10. The highest BCUT2D eigenvalue weighted by Gasteiger charge is 2.60. The van der Waals surface area contributed by atoms with Gasteiger partial charge in [0.1, 0.15) is 0 Å². The second-order valence-corrected chi connectivity index (χ2v) is 5.13. The molecule has 1 atom stereocenters. The van der Waals surface area contributed by atoms with Crippen LogP contribution in [0.5, 0.6) is 0 Å². The van der Waals surface area contributed by atoms with Crippen LogP contribution in [0.1, 0.15) is 22.8 Å². The van der Waals surface area contributed by atoms with Gasteiger partial charge in [-0.3, -0.25) is 9.59 Å². The number of carbonyl (C=O) groups excluding carboxylic acids is 2. The second-order valence-electron chi connectivity index (χ2n) is 4.27. The maximum Gasteiger partial charge on any atom is 0.326 e. The number of alkyl halides is 2. The molecule has 2 rings (SSSR count). The first kappa shape index (κ1) is 14.1. The number of rotatable bonds is 3. The van der Waals surface area contributed by atoms with Crippen LogP contribution >= 0.6 is 15.9 Å². The van der Waals surface area contributed by atoms with Crippen molar-refractivity contribution in [3.05, 3.63) is 33.8 Å². The molecule has 0 aliphatic heterocycles. The molecule has 0 fully saturated rings. The molecule has 0 saturated heterocycles. The van der Waals surface area contributed by atoms with E-state index in [0.717, 1.165) is 0 Å². The summed E-state index contributed by atoms with van der Waals surface area (Å²) in [6.07, 6.45) is -3.42. The van der Waals surface area contributed by atoms with Crippen molar-refractivity contribution in [2.75, 3.05) is 6.61 Å². The largest absolute Gasteiger partial charge is 0.465 e. The fourth-order valence-electron chi connectivity index (χ4n) is 2.26. The Morgan fingerprint density at radius 2 is 2.21 bits per heavy atom. The first-order valence-electron chi connectivity index (χ1n) is 5.72. The minimum absolute atomic E-state index is 0.0436. The molecule has 1 aliphatic carbocycles. The van der Waals surface area contributed by atoms with Crippen LogP contribution < -0.4 is 0 Å². The number of halogens is 3. The van der Waals surface area contributed by atoms with Gasteiger partial charge in [-0.05, 0) is 18.6 Å². The zero-order chi connectivity index (χ0) is 14.2. The van der Waals surface area contributed by atoms with E-state index in [2.05, 4.69) is 20.7 Å². The van der Waals surface area contributed by atoms with Gasteiger partial charge < -0.3 is 4.74 Å². The second kappa shape index (κ2) is 5.00. The molecule has 1 aliphatic rings. The summed E-state index contributed by atoms with van der Waals surface area (Å²) in [6.45, 7) is 1.47. The van der Waals surface area contributed by atoms with Crippen molar-refractivity contribution in [2.24, 2.45) is 5.41 Å². The molecular weight excluding hydrogens is 322 g/mol. The summed E-state index contributed by atoms with van der Waals surface area (Å²) in [5.74, 6) is -2.03. The fraction of sp³-hybridized carbons (Fsp3) is 0.385. The summed E-state index contributed by atoms with van der Waals surface area (Å²) in [5, 5.41) is 0. The lowest BCUT2D eigenvalue weighted by molar-refractivity contribution is -0.159. The summed E-state index contributed by atoms with van der Waals surface area (Å²) >= 11 is 3.16. The Bertz CT molecular complexity index is 545. The maximum atomic E-state index is 13.4. The van der Waals surface area contributed by atoms with E-state index in [1.54, 1.807) is 18.2 Å². The summed E-state index contributed by atoms with van der Waals surface area (Å²) in [5.41, 5.74) is -1.81. The van der Waals surface area contributed by atoms with E-state index >= 15 is 0 Å². The molecular formula is C13H11BrF2O3. The van der Waals surface area contributed by atoms with Crippen LogP contribution in [0.25, 0.3) is 0 Å². The quantitative estimate of drug-likeness (QED) is 0.631. The van der Waals surface area contributed by atoms with Crippen molar-refractivity contribution in [1.82, 2.24) is 0 Å². The molecule has 0 aromatic heterocycles. The average Bonchev–Trinajstić information content (AvgIpc) is 2.65. The van der Waals surface area contributed by atoms with Crippen LogP contribution in [-0.4, -0.2) is 24.8 Å². The van der Waals surface area contributed by atoms with Crippen LogP contribution in [0.15, 0.2) is 22.7 Å². The van der Waals surface area contributed by atoms with E-state index < -0.39 is 23.6 Å². The van der Waals surface area contributed by atoms with Gasteiger partial charge >= 0.3 is 5.97 Å². The Morgan fingerprint density at radius 3 is 2.74 bits per heavy atom. The Labute approximate surface area is 117 Å². The lowest BCUT2D eigenvalue weighted by atomic mass is 9.84. The predicted octanol–water partition coefficient (Wildman–Crippen LogP) is 3.00. The van der Waals surface area contributed by atoms with Crippen LogP contribution in [0.2, 0.25) is 0 Å². The van der Waals surface area contributed by atoms with Crippen molar-refractivity contribution in [1.29, 1.82) is 0 Å². The summed E-state index contributed by atoms with van der Waals surface area (Å²) in [7, 11) is 0. The van der Waals surface area contributed by atoms with E-state index in [-0.39, 0.29) is 18.6 Å². The zero-order valence-corrected chi connectivity index (χ0v) is 11.7. The molecule has 0 N–H and O–H groups in total. The molecule has 1 unspecified atom stereocenters. The van der Waals surface area contributed by atoms with Gasteiger partial charge in [-0.15, -0.1) is 0 Å². The van der Waals surface area contributed by atoms with Gasteiger partial charge in [-0.2, -0.15) is 0 Å². The van der Waals surface area contributed by atoms with Crippen molar-refractivity contribution >= 4 is 27.7 Å². The third-order valence-corrected chi connectivity index (χ3v) is 3.87. The summed E-state index contributed by atoms with van der Waals surface area (Å²) in [4.78, 5) is 24.1. The highest BCUT2D eigenvalue weighted by atomic mass is 79.9. The number of benzene rings is 1. The number of esters is 1. The summed E-state index contributed by atoms with van der Waals surface area (Å²) < 4.78 is 31.9. The third kappa shape index (κ3) is 1.98. The fourth-order valence-corrected chi connectivity index (χ4v) is 2.85. The first-order valence-corrected chi connectivity index (χ1v) is 6.52. The first-order chi connectivity index (χ1) is 8.95. The molecule has 102 valence electrons. The van der Waals surface area contributed by atoms with E-state index in [9.17, 15) is 18.4 Å². The third-order valence-electron chi connectivity index (χ3n) is 3.21. The Hall–Kier alpha value is -1.30. The van der Waals surface area contributed by atoms with E-state index in [0.29, 0.717) is 10.0 Å². The molecule has 0 amide bonds. The number of hydrogen-bond donors (Lipinski definition) is 0. The van der Waals surface area contributed by atoms with Gasteiger partial charge in [0.15, 0.2) is 11.2 Å². The summed E-state index contributed by atoms with van der Waals surface area (Å²) in [6, 6.07) is 4.80. The molecule has 0 spiro atoms. The number of ketones is 1. The van der Waals surface area contributed by atoms with E-state index in [4.69, 9.17) is 0 Å². The Kier molecular flexibility index (Phi) is 3.71. The highest BCUT2D eigenvalue weighted by Crippen LogP contribution is 2.44. The molecule has 0 radical (unpaired) electrons. The van der Waals surface area contributed by atoms with Crippen LogP contribution in [0, 0.1) is 5.41 Å². The molecule has 6 heteroatoms. The van der Waals surface area contributed by atoms with Crippen LogP contribution in [0.4, 0.5) is 8.78 Å². The number of fused-ring (bicyclic) bond motifs is 1. The van der Waals surface area contributed by atoms with Crippen molar-refractivity contribution < 1.29 is 23.1 Å². The van der Waals surface area contributed by atoms with Crippen molar-refractivity contribution in [3.63, 3.8) is 0 Å². The molecule has 0 saturated carbocycles. The SMILES string of the molecule is CCOC(=O)C1(C(F)F)Cc2cccc(Br)c2C1=O. The van der Waals surface area contributed by atoms with Crippen LogP contribution in [0.3, 0.4) is 0 Å². The van der Waals surface area contributed by atoms with Crippen LogP contribution in [-0.2, 0) is 16.0 Å². The zero-order valence-electron chi connectivity index (χ0n) is 10.1. The molecule has 3 nitrogen and oxygen atoms in total. The molecule has 0 bridgehead atoms. The van der Waals surface area contributed by atoms with E-state index in [1.165, 1.54) is 6.92 Å². The minimum Gasteiger partial charge on any atom is -0.465 e. The number of Topliss-reactive ketones (excluding diaryl/α,β-unsaturated/α-hetero) is 1. The average molecular weight is 333 g/mol. The lowest BCUT2D eigenvalue weighted by Crippen LogP contribution is -2.45. The molecule has 19 heavy (non-hydrogen) atoms. The number of ether oxygens (including phenoxy) is 1. The maximum absolute atomic E-state index is 13.4. The molecule has 0 heterocycles. The normalized spacial score (nSPS) is 21.6. The molecule has 1 aromatic carbocycles. The van der Waals surface area contributed by atoms with Gasteiger partial charge in [0.05, 0.1) is 6.61 Å². The van der Waals surface area contributed by atoms with Gasteiger partial charge in [0.2, 0.25) is 0 Å². The smallest absolute Gasteiger partial charge is 0.326 e. The van der Waals surface area contributed by atoms with E-state index in [1.807, 2.05) is 0 Å². The number of hydrogen-bond acceptors (Lipinski definition) is 3. The predicted molar refractivity (Wildman–Crippen MR) is 67.2 cm³/mol. The monoisotopic (exact) mass is 332 g/mol. The lowest BCUT2D eigenvalue weighted by Gasteiger charge is -2.23. The van der Waals surface area contributed by atoms with Crippen molar-refractivity contribution in [2.45, 2.75) is 19.8 Å². The molecule has 1 aromatic rings. The Balaban J connectivity index is 2.54.